The third-order valence-electron chi connectivity index (χ3n) is 3.70. The lowest BCUT2D eigenvalue weighted by atomic mass is 9.99. The van der Waals surface area contributed by atoms with E-state index in [-0.39, 0.29) is 11.3 Å². The van der Waals surface area contributed by atoms with E-state index in [9.17, 15) is 24.8 Å². The summed E-state index contributed by atoms with van der Waals surface area (Å²) in [7, 11) is 0. The van der Waals surface area contributed by atoms with Gasteiger partial charge in [0.1, 0.15) is 11.6 Å². The van der Waals surface area contributed by atoms with Gasteiger partial charge < -0.3 is 10.0 Å². The lowest BCUT2D eigenvalue weighted by molar-refractivity contribution is -0.385. The smallest absolute Gasteiger partial charge is 0.326 e. The minimum Gasteiger partial charge on any atom is -0.480 e. The van der Waals surface area contributed by atoms with Crippen LogP contribution in [0, 0.1) is 17.0 Å². The highest BCUT2D eigenvalue weighted by Gasteiger charge is 2.35. The van der Waals surface area contributed by atoms with Crippen LogP contribution in [0.15, 0.2) is 18.2 Å². The second kappa shape index (κ2) is 5.90. The number of piperidine rings is 1. The number of hydrogen-bond donors (Lipinski definition) is 1. The van der Waals surface area contributed by atoms with Crippen molar-refractivity contribution in [3.63, 3.8) is 0 Å². The van der Waals surface area contributed by atoms with Gasteiger partial charge in [0.05, 0.1) is 4.92 Å². The minimum atomic E-state index is -1.07. The van der Waals surface area contributed by atoms with Gasteiger partial charge in [0.2, 0.25) is 0 Å². The van der Waals surface area contributed by atoms with Crippen LogP contribution in [0.4, 0.5) is 5.69 Å². The fraction of sp³-hybridized carbons (Fsp3) is 0.429. The molecule has 0 radical (unpaired) electrons. The molecule has 0 bridgehead atoms. The van der Waals surface area contributed by atoms with Crippen molar-refractivity contribution in [2.24, 2.45) is 0 Å². The zero-order valence-electron chi connectivity index (χ0n) is 11.6. The van der Waals surface area contributed by atoms with Gasteiger partial charge in [-0.1, -0.05) is 12.1 Å². The molecule has 112 valence electrons. The maximum absolute atomic E-state index is 12.6. The predicted octanol–water partition coefficient (Wildman–Crippen LogP) is 1.98. The summed E-state index contributed by atoms with van der Waals surface area (Å²) >= 11 is 0. The fourth-order valence-corrected chi connectivity index (χ4v) is 2.66. The van der Waals surface area contributed by atoms with E-state index >= 15 is 0 Å². The molecule has 1 aliphatic rings. The Bertz CT molecular complexity index is 599. The molecule has 0 aromatic heterocycles. The molecule has 0 aliphatic carbocycles. The number of rotatable bonds is 3. The van der Waals surface area contributed by atoms with Crippen LogP contribution in [-0.2, 0) is 4.79 Å². The zero-order chi connectivity index (χ0) is 15.6. The molecule has 7 heteroatoms. The van der Waals surface area contributed by atoms with Gasteiger partial charge in [-0.25, -0.2) is 4.79 Å². The first-order chi connectivity index (χ1) is 9.93. The number of hydrogen-bond acceptors (Lipinski definition) is 4. The van der Waals surface area contributed by atoms with Crippen molar-refractivity contribution < 1.29 is 19.6 Å². The average molecular weight is 292 g/mol. The van der Waals surface area contributed by atoms with Gasteiger partial charge >= 0.3 is 5.97 Å². The molecule has 1 heterocycles. The molecule has 1 aromatic carbocycles. The minimum absolute atomic E-state index is 0.0480. The zero-order valence-corrected chi connectivity index (χ0v) is 11.6. The number of aliphatic carboxylic acids is 1. The Morgan fingerprint density at radius 1 is 1.38 bits per heavy atom. The van der Waals surface area contributed by atoms with E-state index in [2.05, 4.69) is 0 Å². The van der Waals surface area contributed by atoms with Crippen LogP contribution in [0.1, 0.15) is 35.2 Å². The normalized spacial score (nSPS) is 18.3. The Kier molecular flexibility index (Phi) is 4.21. The summed E-state index contributed by atoms with van der Waals surface area (Å²) in [5.74, 6) is -1.66. The van der Waals surface area contributed by atoms with Gasteiger partial charge in [0.25, 0.3) is 11.6 Å². The SMILES string of the molecule is Cc1cccc(C(=O)N2CCCC[C@H]2C(=O)O)c1[N+](=O)[O-]. The van der Waals surface area contributed by atoms with Crippen LogP contribution in [0.25, 0.3) is 0 Å². The predicted molar refractivity (Wildman–Crippen MR) is 74.1 cm³/mol. The van der Waals surface area contributed by atoms with Crippen molar-refractivity contribution in [3.8, 4) is 0 Å². The maximum Gasteiger partial charge on any atom is 0.326 e. The number of nitrogens with zero attached hydrogens (tertiary/aromatic N) is 2. The molecule has 1 saturated heterocycles. The van der Waals surface area contributed by atoms with Crippen LogP contribution >= 0.6 is 0 Å². The third-order valence-corrected chi connectivity index (χ3v) is 3.70. The molecular weight excluding hydrogens is 276 g/mol. The second-order valence-electron chi connectivity index (χ2n) is 5.08. The molecule has 1 atom stereocenters. The third kappa shape index (κ3) is 2.86. The van der Waals surface area contributed by atoms with Gasteiger partial charge in [-0.15, -0.1) is 0 Å². The first-order valence-corrected chi connectivity index (χ1v) is 6.71. The van der Waals surface area contributed by atoms with E-state index < -0.39 is 22.8 Å². The summed E-state index contributed by atoms with van der Waals surface area (Å²) in [6.45, 7) is 1.86. The summed E-state index contributed by atoms with van der Waals surface area (Å²) < 4.78 is 0. The van der Waals surface area contributed by atoms with Gasteiger partial charge in [-0.2, -0.15) is 0 Å². The lowest BCUT2D eigenvalue weighted by Gasteiger charge is -2.32. The Morgan fingerprint density at radius 2 is 2.10 bits per heavy atom. The van der Waals surface area contributed by atoms with Crippen molar-refractivity contribution in [1.29, 1.82) is 0 Å². The monoisotopic (exact) mass is 292 g/mol. The molecule has 1 fully saturated rings. The first kappa shape index (κ1) is 15.0. The number of para-hydroxylation sites is 1. The molecule has 7 nitrogen and oxygen atoms in total. The molecule has 0 spiro atoms. The standard InChI is InChI=1S/C14H16N2O5/c1-9-5-4-6-10(12(9)16(20)21)13(17)15-8-3-2-7-11(15)14(18)19/h4-6,11H,2-3,7-8H2,1H3,(H,18,19)/t11-/m0/s1. The van der Waals surface area contributed by atoms with Gasteiger partial charge in [0, 0.05) is 12.1 Å². The van der Waals surface area contributed by atoms with Crippen molar-refractivity contribution in [1.82, 2.24) is 4.90 Å². The average Bonchev–Trinajstić information content (AvgIpc) is 2.45. The topological polar surface area (TPSA) is 101 Å². The highest BCUT2D eigenvalue weighted by Crippen LogP contribution is 2.27. The number of carbonyl (C=O) groups excluding carboxylic acids is 1. The van der Waals surface area contributed by atoms with Crippen LogP contribution in [0.3, 0.4) is 0 Å². The van der Waals surface area contributed by atoms with Crippen LogP contribution < -0.4 is 0 Å². The largest absolute Gasteiger partial charge is 0.480 e. The highest BCUT2D eigenvalue weighted by molar-refractivity contribution is 6.00. The number of benzene rings is 1. The number of carboxylic acids is 1. The molecule has 1 aromatic rings. The van der Waals surface area contributed by atoms with E-state index in [1.807, 2.05) is 0 Å². The molecule has 1 N–H and O–H groups in total. The fourth-order valence-electron chi connectivity index (χ4n) is 2.66. The summed E-state index contributed by atoms with van der Waals surface area (Å²) in [5.41, 5.74) is 0.0834. The number of nitro benzene ring substituents is 1. The van der Waals surface area contributed by atoms with Gasteiger partial charge in [0.15, 0.2) is 0 Å². The van der Waals surface area contributed by atoms with E-state index in [1.165, 1.54) is 11.0 Å². The van der Waals surface area contributed by atoms with Crippen LogP contribution in [0.2, 0.25) is 0 Å². The molecule has 2 rings (SSSR count). The number of aryl methyl sites for hydroxylation is 1. The summed E-state index contributed by atoms with van der Waals surface area (Å²) in [6.07, 6.45) is 1.81. The Labute approximate surface area is 121 Å². The number of carboxylic acid groups (broad SMARTS) is 1. The Hall–Kier alpha value is -2.44. The number of amides is 1. The van der Waals surface area contributed by atoms with Gasteiger partial charge in [-0.3, -0.25) is 14.9 Å². The number of carbonyl (C=O) groups is 2. The maximum atomic E-state index is 12.6. The van der Waals surface area contributed by atoms with Crippen LogP contribution in [0.5, 0.6) is 0 Å². The van der Waals surface area contributed by atoms with E-state index in [4.69, 9.17) is 0 Å². The number of likely N-dealkylation sites (tertiary alicyclic amines) is 1. The van der Waals surface area contributed by atoms with Crippen molar-refractivity contribution in [3.05, 3.63) is 39.4 Å². The Morgan fingerprint density at radius 3 is 2.71 bits per heavy atom. The highest BCUT2D eigenvalue weighted by atomic mass is 16.6. The number of nitro groups is 1. The Balaban J connectivity index is 2.42. The molecule has 1 aliphatic heterocycles. The quantitative estimate of drug-likeness (QED) is 0.678. The molecular formula is C14H16N2O5. The lowest BCUT2D eigenvalue weighted by Crippen LogP contribution is -2.48. The van der Waals surface area contributed by atoms with E-state index in [1.54, 1.807) is 19.1 Å². The van der Waals surface area contributed by atoms with Crippen molar-refractivity contribution >= 4 is 17.6 Å². The van der Waals surface area contributed by atoms with E-state index in [0.29, 0.717) is 24.9 Å². The van der Waals surface area contributed by atoms with Crippen molar-refractivity contribution in [2.45, 2.75) is 32.2 Å². The molecule has 0 unspecified atom stereocenters. The van der Waals surface area contributed by atoms with Crippen molar-refractivity contribution in [2.75, 3.05) is 6.54 Å². The second-order valence-corrected chi connectivity index (χ2v) is 5.08. The van der Waals surface area contributed by atoms with E-state index in [0.717, 1.165) is 6.42 Å². The summed E-state index contributed by atoms with van der Waals surface area (Å²) in [4.78, 5) is 35.6. The molecule has 1 amide bonds. The van der Waals surface area contributed by atoms with Crippen LogP contribution in [-0.4, -0.2) is 39.4 Å². The summed E-state index contributed by atoms with van der Waals surface area (Å²) in [6, 6.07) is 3.59. The first-order valence-electron chi connectivity index (χ1n) is 6.71. The molecule has 21 heavy (non-hydrogen) atoms. The molecule has 0 saturated carbocycles. The summed E-state index contributed by atoms with van der Waals surface area (Å²) in [5, 5.41) is 20.4. The van der Waals surface area contributed by atoms with Gasteiger partial charge in [-0.05, 0) is 32.3 Å².